The van der Waals surface area contributed by atoms with Crippen LogP contribution in [0.2, 0.25) is 0 Å². The third-order valence-corrected chi connectivity index (χ3v) is 4.43. The highest BCUT2D eigenvalue weighted by molar-refractivity contribution is 5.21. The molecule has 0 radical (unpaired) electrons. The van der Waals surface area contributed by atoms with Crippen molar-refractivity contribution in [3.63, 3.8) is 0 Å². The van der Waals surface area contributed by atoms with Gasteiger partial charge >= 0.3 is 0 Å². The summed E-state index contributed by atoms with van der Waals surface area (Å²) < 4.78 is 0. The van der Waals surface area contributed by atoms with Crippen molar-refractivity contribution in [1.82, 2.24) is 4.90 Å². The minimum atomic E-state index is -0.199. The van der Waals surface area contributed by atoms with E-state index in [1.54, 1.807) is 11.1 Å². The molecular formula is C14H25NO. The molecule has 1 aliphatic carbocycles. The largest absolute Gasteiger partial charge is 0.378 e. The molecule has 1 aliphatic heterocycles. The summed E-state index contributed by atoms with van der Waals surface area (Å²) in [5.41, 5.74) is 3.34. The van der Waals surface area contributed by atoms with Gasteiger partial charge in [-0.15, -0.1) is 0 Å². The second kappa shape index (κ2) is 4.89. The molecule has 2 heteroatoms. The third kappa shape index (κ3) is 2.05. The van der Waals surface area contributed by atoms with Crippen molar-refractivity contribution >= 4 is 0 Å². The van der Waals surface area contributed by atoms with E-state index in [2.05, 4.69) is 18.7 Å². The number of fused-ring (bicyclic) bond motifs is 1. The number of aliphatic hydroxyl groups excluding tert-OH is 1. The Morgan fingerprint density at radius 1 is 1.25 bits per heavy atom. The van der Waals surface area contributed by atoms with Gasteiger partial charge < -0.3 is 5.11 Å². The predicted molar refractivity (Wildman–Crippen MR) is 67.1 cm³/mol. The topological polar surface area (TPSA) is 23.5 Å². The van der Waals surface area contributed by atoms with E-state index < -0.39 is 0 Å². The van der Waals surface area contributed by atoms with Crippen LogP contribution >= 0.6 is 0 Å². The van der Waals surface area contributed by atoms with Crippen LogP contribution in [0.5, 0.6) is 0 Å². The van der Waals surface area contributed by atoms with Gasteiger partial charge in [0.25, 0.3) is 0 Å². The monoisotopic (exact) mass is 223 g/mol. The minimum absolute atomic E-state index is 0.199. The average Bonchev–Trinajstić information content (AvgIpc) is 2.54. The molecule has 0 aromatic carbocycles. The Morgan fingerprint density at radius 2 is 2.00 bits per heavy atom. The summed E-state index contributed by atoms with van der Waals surface area (Å²) >= 11 is 0. The Labute approximate surface area is 99.3 Å². The fourth-order valence-electron chi connectivity index (χ4n) is 3.54. The van der Waals surface area contributed by atoms with Gasteiger partial charge in [0.05, 0.1) is 0 Å². The molecule has 2 nitrogen and oxygen atoms in total. The van der Waals surface area contributed by atoms with Crippen LogP contribution in [0.4, 0.5) is 0 Å². The first kappa shape index (κ1) is 12.1. The molecule has 16 heavy (non-hydrogen) atoms. The van der Waals surface area contributed by atoms with Crippen molar-refractivity contribution in [2.45, 2.75) is 52.2 Å². The predicted octanol–water partition coefficient (Wildman–Crippen LogP) is 2.78. The van der Waals surface area contributed by atoms with Crippen LogP contribution in [0.3, 0.4) is 0 Å². The first-order valence-corrected chi connectivity index (χ1v) is 6.75. The highest BCUT2D eigenvalue weighted by atomic mass is 16.3. The molecule has 2 rings (SSSR count). The number of aliphatic hydroxyl groups is 1. The maximum Gasteiger partial charge on any atom is 0.110 e. The fraction of sp³-hybridized carbons (Fsp3) is 0.857. The fourth-order valence-corrected chi connectivity index (χ4v) is 3.54. The van der Waals surface area contributed by atoms with Crippen molar-refractivity contribution in [3.8, 4) is 0 Å². The number of allylic oxidation sites excluding steroid dienone is 2. The van der Waals surface area contributed by atoms with Crippen LogP contribution in [0.25, 0.3) is 0 Å². The van der Waals surface area contributed by atoms with Gasteiger partial charge in [0, 0.05) is 12.5 Å². The Morgan fingerprint density at radius 3 is 2.62 bits per heavy atom. The molecule has 0 aromatic rings. The van der Waals surface area contributed by atoms with Crippen molar-refractivity contribution in [2.75, 3.05) is 13.6 Å². The first-order chi connectivity index (χ1) is 7.67. The van der Waals surface area contributed by atoms with Crippen LogP contribution in [0, 0.1) is 11.8 Å². The van der Waals surface area contributed by atoms with E-state index in [1.807, 2.05) is 7.05 Å². The van der Waals surface area contributed by atoms with E-state index >= 15 is 0 Å². The maximum absolute atomic E-state index is 10.1. The molecule has 0 bridgehead atoms. The molecule has 1 fully saturated rings. The average molecular weight is 223 g/mol. The summed E-state index contributed by atoms with van der Waals surface area (Å²) in [4.78, 5) is 2.12. The van der Waals surface area contributed by atoms with E-state index in [1.165, 1.54) is 25.7 Å². The van der Waals surface area contributed by atoms with Gasteiger partial charge in [-0.1, -0.05) is 31.4 Å². The Hall–Kier alpha value is -0.340. The van der Waals surface area contributed by atoms with Gasteiger partial charge in [-0.25, -0.2) is 0 Å². The normalized spacial score (nSPS) is 35.6. The quantitative estimate of drug-likeness (QED) is 0.744. The molecule has 0 amide bonds. The van der Waals surface area contributed by atoms with Gasteiger partial charge in [0.1, 0.15) is 6.23 Å². The van der Waals surface area contributed by atoms with Crippen LogP contribution in [0.15, 0.2) is 11.1 Å². The van der Waals surface area contributed by atoms with Gasteiger partial charge in [-0.3, -0.25) is 4.90 Å². The van der Waals surface area contributed by atoms with E-state index in [4.69, 9.17) is 0 Å². The Kier molecular flexibility index (Phi) is 3.70. The molecule has 3 atom stereocenters. The summed E-state index contributed by atoms with van der Waals surface area (Å²) in [6.07, 6.45) is 5.88. The van der Waals surface area contributed by atoms with Crippen LogP contribution in [-0.2, 0) is 0 Å². The Bertz CT molecular complexity index is 284. The number of nitrogens with zero attached hydrogens (tertiary/aromatic N) is 1. The zero-order valence-corrected chi connectivity index (χ0v) is 10.9. The van der Waals surface area contributed by atoms with Gasteiger partial charge in [0.15, 0.2) is 0 Å². The molecule has 0 aromatic heterocycles. The lowest BCUT2D eigenvalue weighted by Crippen LogP contribution is -2.30. The molecule has 1 saturated heterocycles. The van der Waals surface area contributed by atoms with Gasteiger partial charge in [0.2, 0.25) is 0 Å². The van der Waals surface area contributed by atoms with E-state index in [0.29, 0.717) is 11.8 Å². The van der Waals surface area contributed by atoms with Crippen molar-refractivity contribution in [3.05, 3.63) is 11.1 Å². The van der Waals surface area contributed by atoms with Crippen LogP contribution in [0.1, 0.15) is 46.0 Å². The summed E-state index contributed by atoms with van der Waals surface area (Å²) in [7, 11) is 2.05. The summed E-state index contributed by atoms with van der Waals surface area (Å²) in [6, 6.07) is 0. The second-order valence-corrected chi connectivity index (χ2v) is 5.50. The molecule has 2 aliphatic rings. The van der Waals surface area contributed by atoms with E-state index in [-0.39, 0.29) is 6.23 Å². The molecule has 0 saturated carbocycles. The molecular weight excluding hydrogens is 198 g/mol. The van der Waals surface area contributed by atoms with Crippen LogP contribution < -0.4 is 0 Å². The molecule has 1 heterocycles. The van der Waals surface area contributed by atoms with Gasteiger partial charge in [-0.05, 0) is 38.6 Å². The van der Waals surface area contributed by atoms with Crippen LogP contribution in [-0.4, -0.2) is 29.8 Å². The van der Waals surface area contributed by atoms with E-state index in [9.17, 15) is 5.11 Å². The zero-order valence-electron chi connectivity index (χ0n) is 10.9. The zero-order chi connectivity index (χ0) is 11.7. The highest BCUT2D eigenvalue weighted by Gasteiger charge is 2.41. The molecule has 3 unspecified atom stereocenters. The third-order valence-electron chi connectivity index (χ3n) is 4.43. The summed E-state index contributed by atoms with van der Waals surface area (Å²) in [5.74, 6) is 1.21. The number of hydrogen-bond donors (Lipinski definition) is 1. The first-order valence-electron chi connectivity index (χ1n) is 6.75. The Balaban J connectivity index is 2.14. The lowest BCUT2D eigenvalue weighted by molar-refractivity contribution is 0.0195. The summed E-state index contributed by atoms with van der Waals surface area (Å²) in [5, 5.41) is 10.1. The number of likely N-dealkylation sites (tertiary alicyclic amines) is 1. The van der Waals surface area contributed by atoms with E-state index in [0.717, 1.165) is 13.0 Å². The lowest BCUT2D eigenvalue weighted by atomic mass is 9.75. The maximum atomic E-state index is 10.1. The number of rotatable bonds is 3. The van der Waals surface area contributed by atoms with Gasteiger partial charge in [-0.2, -0.15) is 0 Å². The smallest absolute Gasteiger partial charge is 0.110 e. The minimum Gasteiger partial charge on any atom is -0.378 e. The van der Waals surface area contributed by atoms with Crippen molar-refractivity contribution in [1.29, 1.82) is 0 Å². The SMILES string of the molecule is CCCC1=C(CC)CC2C(C1)CN(C)C2O. The number of hydrogen-bond acceptors (Lipinski definition) is 2. The molecule has 92 valence electrons. The highest BCUT2D eigenvalue weighted by Crippen LogP contribution is 2.43. The van der Waals surface area contributed by atoms with Crippen molar-refractivity contribution < 1.29 is 5.11 Å². The standard InChI is InChI=1S/C14H25NO/c1-4-6-11-7-12-9-15(3)14(16)13(12)8-10(11)5-2/h12-14,16H,4-9H2,1-3H3. The summed E-state index contributed by atoms with van der Waals surface area (Å²) in [6.45, 7) is 5.61. The second-order valence-electron chi connectivity index (χ2n) is 5.50. The molecule has 1 N–H and O–H groups in total. The lowest BCUT2D eigenvalue weighted by Gasteiger charge is -2.30. The molecule has 0 spiro atoms. The van der Waals surface area contributed by atoms with Crippen molar-refractivity contribution in [2.24, 2.45) is 11.8 Å².